The van der Waals surface area contributed by atoms with Crippen molar-refractivity contribution in [3.8, 4) is 0 Å². The summed E-state index contributed by atoms with van der Waals surface area (Å²) in [4.78, 5) is 22.0. The first-order valence-electron chi connectivity index (χ1n) is 6.55. The fourth-order valence-electron chi connectivity index (χ4n) is 2.36. The predicted octanol–water partition coefficient (Wildman–Crippen LogP) is 0.358. The van der Waals surface area contributed by atoms with Crippen LogP contribution in [0, 0.1) is 11.8 Å². The Bertz CT molecular complexity index is 453. The highest BCUT2D eigenvalue weighted by Crippen LogP contribution is 2.25. The smallest absolute Gasteiger partial charge is 0.309 e. The highest BCUT2D eigenvalue weighted by Gasteiger charge is 2.29. The van der Waals surface area contributed by atoms with E-state index < -0.39 is 27.9 Å². The molecule has 0 saturated heterocycles. The summed E-state index contributed by atoms with van der Waals surface area (Å²) in [6, 6.07) is -0.250. The highest BCUT2D eigenvalue weighted by molar-refractivity contribution is 7.89. The van der Waals surface area contributed by atoms with E-state index in [-0.39, 0.29) is 17.7 Å². The van der Waals surface area contributed by atoms with Gasteiger partial charge in [-0.3, -0.25) is 9.59 Å². The molecule has 1 fully saturated rings. The van der Waals surface area contributed by atoms with Gasteiger partial charge in [-0.05, 0) is 25.7 Å². The first-order valence-corrected chi connectivity index (χ1v) is 8.21. The number of sulfonamides is 1. The molecule has 20 heavy (non-hydrogen) atoms. The van der Waals surface area contributed by atoms with Gasteiger partial charge in [0.1, 0.15) is 0 Å². The van der Waals surface area contributed by atoms with Crippen LogP contribution in [0.2, 0.25) is 0 Å². The van der Waals surface area contributed by atoms with Gasteiger partial charge >= 0.3 is 11.9 Å². The van der Waals surface area contributed by atoms with E-state index in [4.69, 9.17) is 5.11 Å². The van der Waals surface area contributed by atoms with Gasteiger partial charge in [-0.2, -0.15) is 0 Å². The summed E-state index contributed by atoms with van der Waals surface area (Å²) in [6.45, 7) is 1.49. The molecule has 0 aromatic carbocycles. The fourth-order valence-corrected chi connectivity index (χ4v) is 3.99. The van der Waals surface area contributed by atoms with Crippen LogP contribution in [0.4, 0.5) is 0 Å². The molecule has 1 aliphatic rings. The molecule has 0 heterocycles. The predicted molar refractivity (Wildman–Crippen MR) is 71.5 cm³/mol. The van der Waals surface area contributed by atoms with E-state index >= 15 is 0 Å². The summed E-state index contributed by atoms with van der Waals surface area (Å²) >= 11 is 0. The quantitative estimate of drug-likeness (QED) is 0.686. The number of rotatable bonds is 6. The Balaban J connectivity index is 2.48. The van der Waals surface area contributed by atoms with Crippen molar-refractivity contribution in [2.75, 3.05) is 12.9 Å². The number of carbonyl (C=O) groups excluding carboxylic acids is 1. The number of nitrogens with one attached hydrogen (secondary N) is 1. The van der Waals surface area contributed by atoms with Crippen LogP contribution in [0.25, 0.3) is 0 Å². The van der Waals surface area contributed by atoms with Crippen molar-refractivity contribution in [2.24, 2.45) is 11.8 Å². The molecule has 0 bridgehead atoms. The van der Waals surface area contributed by atoms with Crippen molar-refractivity contribution < 1.29 is 27.9 Å². The molecule has 0 spiro atoms. The van der Waals surface area contributed by atoms with E-state index in [9.17, 15) is 18.0 Å². The topological polar surface area (TPSA) is 110 Å². The Morgan fingerprint density at radius 1 is 1.30 bits per heavy atom. The van der Waals surface area contributed by atoms with Crippen LogP contribution in [0.1, 0.15) is 32.6 Å². The molecular formula is C12H21NO6S. The first-order chi connectivity index (χ1) is 9.25. The van der Waals surface area contributed by atoms with Crippen LogP contribution < -0.4 is 4.72 Å². The largest absolute Gasteiger partial charge is 0.481 e. The number of hydrogen-bond donors (Lipinski definition) is 2. The van der Waals surface area contributed by atoms with E-state index in [0.29, 0.717) is 25.7 Å². The van der Waals surface area contributed by atoms with Crippen molar-refractivity contribution >= 4 is 22.0 Å². The SMILES string of the molecule is COC(=O)C(C)CS(=O)(=O)NC1CCC(C(=O)O)CC1. The van der Waals surface area contributed by atoms with E-state index in [1.807, 2.05) is 0 Å². The van der Waals surface area contributed by atoms with Crippen LogP contribution in [-0.2, 0) is 24.3 Å². The van der Waals surface area contributed by atoms with Gasteiger partial charge < -0.3 is 9.84 Å². The molecule has 1 atom stereocenters. The third kappa shape index (κ3) is 5.09. The molecule has 1 aliphatic carbocycles. The number of methoxy groups -OCH3 is 1. The number of hydrogen-bond acceptors (Lipinski definition) is 5. The number of carboxylic acids is 1. The molecule has 2 N–H and O–H groups in total. The second-order valence-corrected chi connectivity index (χ2v) is 7.01. The summed E-state index contributed by atoms with van der Waals surface area (Å²) < 4.78 is 30.8. The van der Waals surface area contributed by atoms with Gasteiger partial charge in [0, 0.05) is 6.04 Å². The lowest BCUT2D eigenvalue weighted by Crippen LogP contribution is -2.41. The molecule has 116 valence electrons. The summed E-state index contributed by atoms with van der Waals surface area (Å²) in [5, 5.41) is 8.87. The van der Waals surface area contributed by atoms with Gasteiger partial charge in [0.15, 0.2) is 0 Å². The van der Waals surface area contributed by atoms with Crippen molar-refractivity contribution in [3.63, 3.8) is 0 Å². The fraction of sp³-hybridized carbons (Fsp3) is 0.833. The number of carbonyl (C=O) groups is 2. The Labute approximate surface area is 118 Å². The van der Waals surface area contributed by atoms with Gasteiger partial charge in [0.05, 0.1) is 24.7 Å². The maximum atomic E-state index is 11.9. The van der Waals surface area contributed by atoms with Crippen molar-refractivity contribution in [1.82, 2.24) is 4.72 Å². The first kappa shape index (κ1) is 16.9. The molecule has 1 unspecified atom stereocenters. The third-order valence-electron chi connectivity index (χ3n) is 3.50. The Kier molecular flexibility index (Phi) is 5.94. The molecule has 0 radical (unpaired) electrons. The van der Waals surface area contributed by atoms with Crippen LogP contribution >= 0.6 is 0 Å². The minimum absolute atomic E-state index is 0.250. The molecule has 0 aliphatic heterocycles. The monoisotopic (exact) mass is 307 g/mol. The lowest BCUT2D eigenvalue weighted by molar-refractivity contribution is -0.144. The molecule has 7 nitrogen and oxygen atoms in total. The van der Waals surface area contributed by atoms with Gasteiger partial charge in [-0.25, -0.2) is 13.1 Å². The van der Waals surface area contributed by atoms with Crippen LogP contribution in [0.15, 0.2) is 0 Å². The molecule has 1 rings (SSSR count). The van der Waals surface area contributed by atoms with Crippen LogP contribution in [-0.4, -0.2) is 44.4 Å². The zero-order valence-corrected chi connectivity index (χ0v) is 12.5. The lowest BCUT2D eigenvalue weighted by atomic mass is 9.87. The average Bonchev–Trinajstić information content (AvgIpc) is 2.37. The van der Waals surface area contributed by atoms with E-state index in [2.05, 4.69) is 9.46 Å². The minimum atomic E-state index is -3.57. The summed E-state index contributed by atoms with van der Waals surface area (Å²) in [7, 11) is -2.36. The summed E-state index contributed by atoms with van der Waals surface area (Å²) in [5.74, 6) is -2.83. The van der Waals surface area contributed by atoms with Crippen molar-refractivity contribution in [2.45, 2.75) is 38.6 Å². The Morgan fingerprint density at radius 2 is 1.85 bits per heavy atom. The summed E-state index contributed by atoms with van der Waals surface area (Å²) in [6.07, 6.45) is 1.94. The second-order valence-electron chi connectivity index (χ2n) is 5.21. The van der Waals surface area contributed by atoms with Crippen molar-refractivity contribution in [3.05, 3.63) is 0 Å². The van der Waals surface area contributed by atoms with Gasteiger partial charge in [0.2, 0.25) is 10.0 Å². The Hall–Kier alpha value is -1.15. The zero-order chi connectivity index (χ0) is 15.3. The molecule has 0 aromatic rings. The minimum Gasteiger partial charge on any atom is -0.481 e. The Morgan fingerprint density at radius 3 is 2.30 bits per heavy atom. The average molecular weight is 307 g/mol. The van der Waals surface area contributed by atoms with E-state index in [1.165, 1.54) is 14.0 Å². The second kappa shape index (κ2) is 7.03. The standard InChI is InChI=1S/C12H21NO6S/c1-8(12(16)19-2)7-20(17,18)13-10-5-3-9(4-6-10)11(14)15/h8-10,13H,3-7H2,1-2H3,(H,14,15). The normalized spacial score (nSPS) is 24.9. The van der Waals surface area contributed by atoms with Gasteiger partial charge in [-0.1, -0.05) is 6.92 Å². The zero-order valence-electron chi connectivity index (χ0n) is 11.7. The van der Waals surface area contributed by atoms with E-state index in [0.717, 1.165) is 0 Å². The van der Waals surface area contributed by atoms with Crippen LogP contribution in [0.5, 0.6) is 0 Å². The third-order valence-corrected chi connectivity index (χ3v) is 5.13. The maximum Gasteiger partial charge on any atom is 0.309 e. The molecule has 0 aromatic heterocycles. The number of aliphatic carboxylic acids is 1. The number of ether oxygens (including phenoxy) is 1. The van der Waals surface area contributed by atoms with Gasteiger partial charge in [0.25, 0.3) is 0 Å². The number of esters is 1. The highest BCUT2D eigenvalue weighted by atomic mass is 32.2. The molecule has 0 amide bonds. The van der Waals surface area contributed by atoms with Crippen LogP contribution in [0.3, 0.4) is 0 Å². The van der Waals surface area contributed by atoms with Gasteiger partial charge in [-0.15, -0.1) is 0 Å². The van der Waals surface area contributed by atoms with Crippen molar-refractivity contribution in [1.29, 1.82) is 0 Å². The maximum absolute atomic E-state index is 11.9. The lowest BCUT2D eigenvalue weighted by Gasteiger charge is -2.26. The molecule has 1 saturated carbocycles. The summed E-state index contributed by atoms with van der Waals surface area (Å²) in [5.41, 5.74) is 0. The van der Waals surface area contributed by atoms with E-state index in [1.54, 1.807) is 0 Å². The molecular weight excluding hydrogens is 286 g/mol. The number of carboxylic acid groups (broad SMARTS) is 1. The molecule has 8 heteroatoms.